The summed E-state index contributed by atoms with van der Waals surface area (Å²) >= 11 is 6.00. The van der Waals surface area contributed by atoms with Gasteiger partial charge >= 0.3 is 12.0 Å². The van der Waals surface area contributed by atoms with Gasteiger partial charge in [-0.25, -0.2) is 9.59 Å². The molecular formula is C15H17ClN2O3. The van der Waals surface area contributed by atoms with Gasteiger partial charge in [0.05, 0.1) is 18.7 Å². The van der Waals surface area contributed by atoms with Crippen molar-refractivity contribution in [1.29, 1.82) is 0 Å². The van der Waals surface area contributed by atoms with E-state index in [0.29, 0.717) is 22.8 Å². The number of nitrogens with zero attached hydrogens (tertiary/aromatic N) is 1. The van der Waals surface area contributed by atoms with Gasteiger partial charge in [-0.2, -0.15) is 0 Å². The molecule has 0 aromatic heterocycles. The highest BCUT2D eigenvalue weighted by Gasteiger charge is 2.35. The topological polar surface area (TPSA) is 58.6 Å². The maximum absolute atomic E-state index is 12.2. The lowest BCUT2D eigenvalue weighted by Crippen LogP contribution is -2.47. The maximum Gasteiger partial charge on any atom is 0.337 e. The molecule has 2 rings (SSSR count). The number of carbonyl (C=O) groups is 2. The summed E-state index contributed by atoms with van der Waals surface area (Å²) in [6.07, 6.45) is 0. The summed E-state index contributed by atoms with van der Waals surface area (Å²) in [5.74, 6) is -0.462. The van der Waals surface area contributed by atoms with E-state index in [9.17, 15) is 9.59 Å². The van der Waals surface area contributed by atoms with Crippen molar-refractivity contribution in [3.05, 3.63) is 46.1 Å². The highest BCUT2D eigenvalue weighted by atomic mass is 35.5. The summed E-state index contributed by atoms with van der Waals surface area (Å²) in [5, 5.41) is 3.37. The zero-order valence-corrected chi connectivity index (χ0v) is 12.9. The van der Waals surface area contributed by atoms with Crippen LogP contribution in [0.15, 0.2) is 35.5 Å². The summed E-state index contributed by atoms with van der Waals surface area (Å²) in [6, 6.07) is 6.25. The Hall–Kier alpha value is -2.01. The Morgan fingerprint density at radius 2 is 2.19 bits per heavy atom. The molecule has 0 saturated heterocycles. The van der Waals surface area contributed by atoms with Crippen LogP contribution in [0.1, 0.15) is 25.5 Å². The molecule has 112 valence electrons. The fraction of sp³-hybridized carbons (Fsp3) is 0.333. The molecular weight excluding hydrogens is 292 g/mol. The molecule has 1 N–H and O–H groups in total. The molecule has 1 heterocycles. The molecule has 0 aliphatic carbocycles. The summed E-state index contributed by atoms with van der Waals surface area (Å²) in [7, 11) is 1.32. The SMILES string of the molecule is CCN1C(=O)N[C@@H](c2cccc(Cl)c2)C(C(=O)OC)=C1C. The molecule has 21 heavy (non-hydrogen) atoms. The van der Waals surface area contributed by atoms with Gasteiger partial charge in [0, 0.05) is 17.3 Å². The molecule has 1 aromatic carbocycles. The smallest absolute Gasteiger partial charge is 0.337 e. The molecule has 0 unspecified atom stereocenters. The average molecular weight is 309 g/mol. The minimum absolute atomic E-state index is 0.243. The summed E-state index contributed by atoms with van der Waals surface area (Å²) in [6.45, 7) is 4.06. The van der Waals surface area contributed by atoms with Gasteiger partial charge in [0.25, 0.3) is 0 Å². The molecule has 1 aromatic rings. The fourth-order valence-electron chi connectivity index (χ4n) is 2.47. The molecule has 0 fully saturated rings. The number of hydrogen-bond acceptors (Lipinski definition) is 3. The third kappa shape index (κ3) is 2.88. The molecule has 1 aliphatic heterocycles. The summed E-state index contributed by atoms with van der Waals surface area (Å²) in [4.78, 5) is 25.8. The number of rotatable bonds is 3. The first kappa shape index (κ1) is 15.4. The molecule has 0 radical (unpaired) electrons. The number of carbonyl (C=O) groups excluding carboxylic acids is 2. The van der Waals surface area contributed by atoms with Crippen molar-refractivity contribution in [3.63, 3.8) is 0 Å². The van der Waals surface area contributed by atoms with E-state index in [1.807, 2.05) is 13.0 Å². The van der Waals surface area contributed by atoms with Crippen LogP contribution in [0.2, 0.25) is 5.02 Å². The predicted octanol–water partition coefficient (Wildman–Crippen LogP) is 2.87. The van der Waals surface area contributed by atoms with Gasteiger partial charge in [-0.15, -0.1) is 0 Å². The van der Waals surface area contributed by atoms with Crippen molar-refractivity contribution in [2.45, 2.75) is 19.9 Å². The van der Waals surface area contributed by atoms with Crippen molar-refractivity contribution in [2.24, 2.45) is 0 Å². The number of ether oxygens (including phenoxy) is 1. The minimum atomic E-state index is -0.563. The van der Waals surface area contributed by atoms with Crippen LogP contribution in [0.4, 0.5) is 4.79 Å². The van der Waals surface area contributed by atoms with E-state index < -0.39 is 12.0 Å². The standard InChI is InChI=1S/C15H17ClN2O3/c1-4-18-9(2)12(14(19)21-3)13(17-15(18)20)10-6-5-7-11(16)8-10/h5-8,13H,4H2,1-3H3,(H,17,20)/t13-/m0/s1. The van der Waals surface area contributed by atoms with Crippen LogP contribution >= 0.6 is 11.6 Å². The van der Waals surface area contributed by atoms with Crippen molar-refractivity contribution < 1.29 is 14.3 Å². The Bertz CT molecular complexity index is 613. The molecule has 6 heteroatoms. The molecule has 2 amide bonds. The van der Waals surface area contributed by atoms with Crippen LogP contribution in [-0.4, -0.2) is 30.6 Å². The molecule has 0 bridgehead atoms. The number of urea groups is 1. The minimum Gasteiger partial charge on any atom is -0.466 e. The van der Waals surface area contributed by atoms with Crippen molar-refractivity contribution in [3.8, 4) is 0 Å². The second-order valence-corrected chi connectivity index (χ2v) is 5.11. The van der Waals surface area contributed by atoms with E-state index in [4.69, 9.17) is 16.3 Å². The van der Waals surface area contributed by atoms with Gasteiger partial charge in [-0.1, -0.05) is 23.7 Å². The number of halogens is 1. The van der Waals surface area contributed by atoms with Crippen LogP contribution in [-0.2, 0) is 9.53 Å². The quantitative estimate of drug-likeness (QED) is 0.874. The zero-order valence-electron chi connectivity index (χ0n) is 12.1. The van der Waals surface area contributed by atoms with Crippen LogP contribution in [0, 0.1) is 0 Å². The molecule has 0 spiro atoms. The normalized spacial score (nSPS) is 18.6. The van der Waals surface area contributed by atoms with Crippen molar-refractivity contribution in [1.82, 2.24) is 10.2 Å². The average Bonchev–Trinajstić information content (AvgIpc) is 2.46. The number of allylic oxidation sites excluding steroid dienone is 1. The van der Waals surface area contributed by atoms with Crippen LogP contribution in [0.3, 0.4) is 0 Å². The number of benzene rings is 1. The number of esters is 1. The maximum atomic E-state index is 12.2. The fourth-order valence-corrected chi connectivity index (χ4v) is 2.67. The lowest BCUT2D eigenvalue weighted by atomic mass is 9.95. The van der Waals surface area contributed by atoms with E-state index in [0.717, 1.165) is 5.56 Å². The van der Waals surface area contributed by atoms with E-state index in [-0.39, 0.29) is 6.03 Å². The summed E-state index contributed by atoms with van der Waals surface area (Å²) in [5.41, 5.74) is 1.76. The Morgan fingerprint density at radius 3 is 2.76 bits per heavy atom. The van der Waals surface area contributed by atoms with E-state index in [2.05, 4.69) is 5.32 Å². The Kier molecular flexibility index (Phi) is 4.53. The molecule has 1 atom stereocenters. The van der Waals surface area contributed by atoms with E-state index in [1.165, 1.54) is 12.0 Å². The van der Waals surface area contributed by atoms with Gasteiger partial charge < -0.3 is 10.1 Å². The van der Waals surface area contributed by atoms with Gasteiger partial charge in [-0.05, 0) is 31.5 Å². The lowest BCUT2D eigenvalue weighted by molar-refractivity contribution is -0.136. The van der Waals surface area contributed by atoms with Gasteiger partial charge in [-0.3, -0.25) is 4.90 Å². The number of methoxy groups -OCH3 is 1. The Morgan fingerprint density at radius 1 is 1.48 bits per heavy atom. The molecule has 1 aliphatic rings. The van der Waals surface area contributed by atoms with Gasteiger partial charge in [0.2, 0.25) is 0 Å². The Labute approximate surface area is 128 Å². The zero-order chi connectivity index (χ0) is 15.6. The van der Waals surface area contributed by atoms with Crippen molar-refractivity contribution in [2.75, 3.05) is 13.7 Å². The largest absolute Gasteiger partial charge is 0.466 e. The van der Waals surface area contributed by atoms with Crippen molar-refractivity contribution >= 4 is 23.6 Å². The number of nitrogens with one attached hydrogen (secondary N) is 1. The lowest BCUT2D eigenvalue weighted by Gasteiger charge is -2.34. The molecule has 0 saturated carbocycles. The second kappa shape index (κ2) is 6.18. The van der Waals surface area contributed by atoms with Gasteiger partial charge in [0.1, 0.15) is 0 Å². The first-order valence-electron chi connectivity index (χ1n) is 6.62. The predicted molar refractivity (Wildman–Crippen MR) is 79.8 cm³/mol. The first-order valence-corrected chi connectivity index (χ1v) is 7.00. The first-order chi connectivity index (χ1) is 9.99. The highest BCUT2D eigenvalue weighted by molar-refractivity contribution is 6.30. The number of hydrogen-bond donors (Lipinski definition) is 1. The van der Waals surface area contributed by atoms with Crippen LogP contribution < -0.4 is 5.32 Å². The summed E-state index contributed by atoms with van der Waals surface area (Å²) < 4.78 is 4.86. The van der Waals surface area contributed by atoms with Crippen LogP contribution in [0.25, 0.3) is 0 Å². The number of amides is 2. The third-order valence-electron chi connectivity index (χ3n) is 3.50. The van der Waals surface area contributed by atoms with E-state index in [1.54, 1.807) is 25.1 Å². The monoisotopic (exact) mass is 308 g/mol. The Balaban J connectivity index is 2.55. The second-order valence-electron chi connectivity index (χ2n) is 4.67. The van der Waals surface area contributed by atoms with E-state index >= 15 is 0 Å². The van der Waals surface area contributed by atoms with Gasteiger partial charge in [0.15, 0.2) is 0 Å². The highest BCUT2D eigenvalue weighted by Crippen LogP contribution is 2.31. The third-order valence-corrected chi connectivity index (χ3v) is 3.73. The molecule has 5 nitrogen and oxygen atoms in total. The van der Waals surface area contributed by atoms with Crippen LogP contribution in [0.5, 0.6) is 0 Å².